The average Bonchev–Trinajstić information content (AvgIpc) is 3.71. The molecule has 5 atom stereocenters. The summed E-state index contributed by atoms with van der Waals surface area (Å²) in [4.78, 5) is 24.7. The van der Waals surface area contributed by atoms with Crippen LogP contribution < -0.4 is 10.1 Å². The first-order valence-corrected chi connectivity index (χ1v) is 14.4. The van der Waals surface area contributed by atoms with Crippen molar-refractivity contribution in [2.45, 2.75) is 69.9 Å². The van der Waals surface area contributed by atoms with Crippen LogP contribution >= 0.6 is 0 Å². The normalized spacial score (nSPS) is 22.9. The van der Waals surface area contributed by atoms with Gasteiger partial charge in [0.25, 0.3) is 0 Å². The summed E-state index contributed by atoms with van der Waals surface area (Å²) in [5, 5.41) is 12.7. The number of rotatable bonds is 11. The van der Waals surface area contributed by atoms with Gasteiger partial charge in [-0.25, -0.2) is 9.18 Å². The van der Waals surface area contributed by atoms with Crippen LogP contribution in [0.25, 0.3) is 0 Å². The van der Waals surface area contributed by atoms with Gasteiger partial charge in [-0.2, -0.15) is 0 Å². The number of carbonyl (C=O) groups excluding carboxylic acids is 1. The molecule has 6 heteroatoms. The topological polar surface area (TPSA) is 85.5 Å². The predicted octanol–water partition coefficient (Wildman–Crippen LogP) is 6.60. The third kappa shape index (κ3) is 7.16. The molecule has 2 aliphatic rings. The number of ketones is 1. The van der Waals surface area contributed by atoms with Crippen molar-refractivity contribution in [1.29, 1.82) is 0 Å². The maximum absolute atomic E-state index is 13.5. The minimum absolute atomic E-state index is 0.0209. The second-order valence-electron chi connectivity index (χ2n) is 11.4. The minimum atomic E-state index is -0.923. The summed E-state index contributed by atoms with van der Waals surface area (Å²) in [6.45, 7) is 2.73. The Morgan fingerprint density at radius 3 is 2.38 bits per heavy atom. The molecule has 3 aromatic rings. The molecule has 0 amide bonds. The molecule has 0 aromatic heterocycles. The van der Waals surface area contributed by atoms with Gasteiger partial charge in [0.15, 0.2) is 0 Å². The Kier molecular flexibility index (Phi) is 8.95. The van der Waals surface area contributed by atoms with Crippen LogP contribution in [0, 0.1) is 17.7 Å². The van der Waals surface area contributed by atoms with Gasteiger partial charge in [-0.1, -0.05) is 43.3 Å². The van der Waals surface area contributed by atoms with Gasteiger partial charge in [0.05, 0.1) is 12.2 Å². The number of Topliss-reactive ketones (excluding diaryl/α,β-unsaturated/α-hetero) is 1. The zero-order chi connectivity index (χ0) is 28.1. The third-order valence-corrected chi connectivity index (χ3v) is 8.69. The molecule has 5 rings (SSSR count). The van der Waals surface area contributed by atoms with E-state index in [4.69, 9.17) is 9.84 Å². The molecule has 1 fully saturated rings. The Hall–Kier alpha value is -3.51. The first kappa shape index (κ1) is 28.0. The number of nitrogens with one attached hydrogen (secondary N) is 1. The van der Waals surface area contributed by atoms with E-state index >= 15 is 0 Å². The minimum Gasteiger partial charge on any atom is -0.494 e. The molecule has 1 heterocycles. The SMILES string of the molecule is C[C@@H](c1ccc(C(=O)O)cc1)C1NC1CC(=O)[C@@H]1CCC(CCCOc2ccc(F)cc2)Cc2ccccc2C1. The maximum atomic E-state index is 13.5. The van der Waals surface area contributed by atoms with E-state index in [9.17, 15) is 14.0 Å². The van der Waals surface area contributed by atoms with Crippen molar-refractivity contribution in [1.82, 2.24) is 5.32 Å². The van der Waals surface area contributed by atoms with Crippen molar-refractivity contribution < 1.29 is 23.8 Å². The number of hydrogen-bond acceptors (Lipinski definition) is 4. The van der Waals surface area contributed by atoms with E-state index in [1.54, 1.807) is 24.3 Å². The standard InChI is InChI=1S/C34H38FNO4/c1-22(24-10-12-25(13-11-24)34(38)39)33-31(36-33)21-32(37)28-9-8-23(19-26-6-2-3-7-27(26)20-28)5-4-18-40-30-16-14-29(35)15-17-30/h2-3,6-7,10-17,22-23,28,31,33,36H,4-5,8-9,18-21H2,1H3,(H,38,39)/t22-,23?,28+,31?,33?/m0/s1. The number of fused-ring (bicyclic) bond motifs is 1. The number of aromatic carboxylic acids is 1. The summed E-state index contributed by atoms with van der Waals surface area (Å²) >= 11 is 0. The monoisotopic (exact) mass is 543 g/mol. The van der Waals surface area contributed by atoms with Gasteiger partial charge in [-0.15, -0.1) is 0 Å². The molecule has 3 unspecified atom stereocenters. The second-order valence-corrected chi connectivity index (χ2v) is 11.4. The Labute approximate surface area is 235 Å². The highest BCUT2D eigenvalue weighted by atomic mass is 19.1. The van der Waals surface area contributed by atoms with E-state index in [-0.39, 0.29) is 35.3 Å². The summed E-state index contributed by atoms with van der Waals surface area (Å²) < 4.78 is 18.9. The van der Waals surface area contributed by atoms with Crippen molar-refractivity contribution >= 4 is 11.8 Å². The summed E-state index contributed by atoms with van der Waals surface area (Å²) in [5.41, 5.74) is 4.02. The Balaban J connectivity index is 1.15. The van der Waals surface area contributed by atoms with Crippen molar-refractivity contribution in [2.75, 3.05) is 6.61 Å². The van der Waals surface area contributed by atoms with Crippen LogP contribution in [0.5, 0.6) is 5.75 Å². The molecular weight excluding hydrogens is 505 g/mol. The third-order valence-electron chi connectivity index (χ3n) is 8.69. The van der Waals surface area contributed by atoms with Crippen LogP contribution in [0.1, 0.15) is 72.0 Å². The molecule has 0 saturated carbocycles. The van der Waals surface area contributed by atoms with Crippen LogP contribution in [-0.4, -0.2) is 35.5 Å². The first-order valence-electron chi connectivity index (χ1n) is 14.4. The number of carboxylic acids is 1. The number of carbonyl (C=O) groups is 2. The van der Waals surface area contributed by atoms with Crippen molar-refractivity contribution in [3.05, 3.63) is 101 Å². The molecule has 5 nitrogen and oxygen atoms in total. The summed E-state index contributed by atoms with van der Waals surface area (Å²) in [7, 11) is 0. The lowest BCUT2D eigenvalue weighted by Crippen LogP contribution is -2.24. The van der Waals surface area contributed by atoms with E-state index in [0.717, 1.165) is 44.1 Å². The van der Waals surface area contributed by atoms with E-state index in [1.165, 1.54) is 23.3 Å². The van der Waals surface area contributed by atoms with Crippen LogP contribution in [0.2, 0.25) is 0 Å². The highest BCUT2D eigenvalue weighted by Crippen LogP contribution is 2.34. The van der Waals surface area contributed by atoms with Gasteiger partial charge >= 0.3 is 5.97 Å². The molecule has 3 aromatic carbocycles. The summed E-state index contributed by atoms with van der Waals surface area (Å²) in [6.07, 6.45) is 6.24. The quantitative estimate of drug-likeness (QED) is 0.210. The fourth-order valence-electron chi connectivity index (χ4n) is 6.18. The zero-order valence-corrected chi connectivity index (χ0v) is 23.0. The van der Waals surface area contributed by atoms with Gasteiger partial charge in [0, 0.05) is 24.4 Å². The Bertz CT molecular complexity index is 1310. The van der Waals surface area contributed by atoms with Gasteiger partial charge in [-0.05, 0) is 103 Å². The lowest BCUT2D eigenvalue weighted by atomic mass is 9.78. The van der Waals surface area contributed by atoms with E-state index < -0.39 is 5.97 Å². The van der Waals surface area contributed by atoms with Crippen LogP contribution in [0.15, 0.2) is 72.8 Å². The molecule has 40 heavy (non-hydrogen) atoms. The molecule has 1 saturated heterocycles. The van der Waals surface area contributed by atoms with Gasteiger partial charge in [-0.3, -0.25) is 4.79 Å². The average molecular weight is 544 g/mol. The Morgan fingerprint density at radius 2 is 1.68 bits per heavy atom. The molecule has 1 aliphatic carbocycles. The summed E-state index contributed by atoms with van der Waals surface area (Å²) in [6, 6.07) is 22.1. The highest BCUT2D eigenvalue weighted by molar-refractivity contribution is 5.87. The zero-order valence-electron chi connectivity index (χ0n) is 23.0. The smallest absolute Gasteiger partial charge is 0.335 e. The lowest BCUT2D eigenvalue weighted by molar-refractivity contribution is -0.123. The van der Waals surface area contributed by atoms with Crippen LogP contribution in [0.4, 0.5) is 4.39 Å². The fourth-order valence-corrected chi connectivity index (χ4v) is 6.18. The van der Waals surface area contributed by atoms with Gasteiger partial charge < -0.3 is 15.2 Å². The van der Waals surface area contributed by atoms with Crippen molar-refractivity contribution in [3.8, 4) is 5.75 Å². The second kappa shape index (κ2) is 12.8. The number of hydrogen-bond donors (Lipinski definition) is 2. The van der Waals surface area contributed by atoms with Crippen molar-refractivity contribution in [3.63, 3.8) is 0 Å². The van der Waals surface area contributed by atoms with Gasteiger partial charge in [0.2, 0.25) is 0 Å². The van der Waals surface area contributed by atoms with E-state index in [1.807, 2.05) is 12.1 Å². The van der Waals surface area contributed by atoms with E-state index in [2.05, 4.69) is 36.5 Å². The number of ether oxygens (including phenoxy) is 1. The number of halogens is 1. The molecule has 1 aliphatic heterocycles. The lowest BCUT2D eigenvalue weighted by Gasteiger charge is -2.26. The Morgan fingerprint density at radius 1 is 0.975 bits per heavy atom. The molecule has 210 valence electrons. The largest absolute Gasteiger partial charge is 0.494 e. The molecular formula is C34H38FNO4. The maximum Gasteiger partial charge on any atom is 0.335 e. The highest BCUT2D eigenvalue weighted by Gasteiger charge is 2.42. The fraction of sp³-hybridized carbons (Fsp3) is 0.412. The first-order chi connectivity index (χ1) is 19.4. The molecule has 0 bridgehead atoms. The predicted molar refractivity (Wildman–Crippen MR) is 153 cm³/mol. The summed E-state index contributed by atoms with van der Waals surface area (Å²) in [5.74, 6) is 0.562. The number of carboxylic acid groups (broad SMARTS) is 1. The van der Waals surface area contributed by atoms with Crippen molar-refractivity contribution in [2.24, 2.45) is 11.8 Å². The van der Waals surface area contributed by atoms with Crippen LogP contribution in [0.3, 0.4) is 0 Å². The van der Waals surface area contributed by atoms with E-state index in [0.29, 0.717) is 30.5 Å². The molecule has 2 N–H and O–H groups in total. The molecule has 0 spiro atoms. The van der Waals surface area contributed by atoms with Gasteiger partial charge in [0.1, 0.15) is 17.3 Å². The van der Waals surface area contributed by atoms with Crippen LogP contribution in [-0.2, 0) is 17.6 Å². The number of benzene rings is 3. The molecule has 0 radical (unpaired) electrons.